The number of pyridine rings is 1. The third kappa shape index (κ3) is 2.71. The number of aliphatic imine (C=N–C) groups is 1. The molecule has 2 aromatic heterocycles. The summed E-state index contributed by atoms with van der Waals surface area (Å²) in [6.07, 6.45) is 6.86. The summed E-state index contributed by atoms with van der Waals surface area (Å²) in [6.45, 7) is 0. The van der Waals surface area contributed by atoms with Gasteiger partial charge in [0, 0.05) is 35.9 Å². The Labute approximate surface area is 181 Å². The first-order valence-corrected chi connectivity index (χ1v) is 12.3. The van der Waals surface area contributed by atoms with E-state index in [1.54, 1.807) is 0 Å². The molecular weight excluding hydrogens is 397 g/mol. The average Bonchev–Trinajstić information content (AvgIpc) is 3.51. The Balaban J connectivity index is 1.84. The predicted octanol–water partition coefficient (Wildman–Crippen LogP) is 4.44. The van der Waals surface area contributed by atoms with Crippen LogP contribution in [0, 0.1) is 0 Å². The minimum absolute atomic E-state index is 0.864. The summed E-state index contributed by atoms with van der Waals surface area (Å²) in [5.41, 5.74) is 4.52. The highest BCUT2D eigenvalue weighted by molar-refractivity contribution is 8.02. The second-order valence-electron chi connectivity index (χ2n) is 7.72. The lowest BCUT2D eigenvalue weighted by atomic mass is 10.2. The number of aromatic amines is 1. The smallest absolute Gasteiger partial charge is 0.224 e. The molecule has 0 amide bonds. The topological polar surface area (TPSA) is 41.0 Å². The van der Waals surface area contributed by atoms with Crippen molar-refractivity contribution >= 4 is 51.4 Å². The fourth-order valence-electron chi connectivity index (χ4n) is 4.72. The molecule has 3 nitrogen and oxygen atoms in total. The molecule has 3 heterocycles. The SMILES string of the molecule is C1=Nc2c(ccnc2[P+](c2ccccc2)(c2ccccc2)c2cccc3[nH]ccc23)C1. The molecule has 0 atom stereocenters. The van der Waals surface area contributed by atoms with Gasteiger partial charge in [0.2, 0.25) is 5.44 Å². The summed E-state index contributed by atoms with van der Waals surface area (Å²) in [5.74, 6) is 0. The number of H-pyrrole nitrogens is 1. The van der Waals surface area contributed by atoms with Crippen LogP contribution in [0.15, 0.2) is 108 Å². The van der Waals surface area contributed by atoms with Gasteiger partial charge in [0.25, 0.3) is 0 Å². The van der Waals surface area contributed by atoms with Crippen LogP contribution >= 0.6 is 7.26 Å². The minimum Gasteiger partial charge on any atom is -0.361 e. The zero-order valence-corrected chi connectivity index (χ0v) is 17.8. The van der Waals surface area contributed by atoms with Crippen molar-refractivity contribution in [2.45, 2.75) is 6.42 Å². The highest BCUT2D eigenvalue weighted by atomic mass is 31.2. The van der Waals surface area contributed by atoms with Crippen LogP contribution in [-0.4, -0.2) is 16.2 Å². The first kappa shape index (κ1) is 18.2. The molecule has 5 aromatic rings. The van der Waals surface area contributed by atoms with Crippen molar-refractivity contribution in [3.05, 3.63) is 109 Å². The third-order valence-electron chi connectivity index (χ3n) is 6.06. The van der Waals surface area contributed by atoms with Gasteiger partial charge in [0.15, 0.2) is 7.26 Å². The lowest BCUT2D eigenvalue weighted by molar-refractivity contribution is 1.31. The Morgan fingerprint density at radius 1 is 0.742 bits per heavy atom. The molecule has 6 rings (SSSR count). The van der Waals surface area contributed by atoms with Gasteiger partial charge in [-0.3, -0.25) is 4.99 Å². The van der Waals surface area contributed by atoms with E-state index in [0.29, 0.717) is 0 Å². The number of hydrogen-bond acceptors (Lipinski definition) is 2. The monoisotopic (exact) mass is 418 g/mol. The van der Waals surface area contributed by atoms with Gasteiger partial charge in [-0.25, -0.2) is 4.98 Å². The van der Waals surface area contributed by atoms with Crippen LogP contribution in [0.25, 0.3) is 10.9 Å². The number of hydrogen-bond donors (Lipinski definition) is 1. The summed E-state index contributed by atoms with van der Waals surface area (Å²) in [5, 5.41) is 5.13. The Kier molecular flexibility index (Phi) is 4.29. The van der Waals surface area contributed by atoms with E-state index in [2.05, 4.69) is 96.0 Å². The van der Waals surface area contributed by atoms with Gasteiger partial charge < -0.3 is 4.98 Å². The van der Waals surface area contributed by atoms with Gasteiger partial charge in [0.1, 0.15) is 21.6 Å². The highest BCUT2D eigenvalue weighted by Gasteiger charge is 2.52. The third-order valence-corrected chi connectivity index (χ3v) is 10.3. The Morgan fingerprint density at radius 2 is 1.48 bits per heavy atom. The van der Waals surface area contributed by atoms with Crippen molar-refractivity contribution < 1.29 is 0 Å². The zero-order chi connectivity index (χ0) is 20.7. The number of nitrogens with zero attached hydrogens (tertiary/aromatic N) is 2. The van der Waals surface area contributed by atoms with Crippen LogP contribution < -0.4 is 21.3 Å². The molecule has 0 fully saturated rings. The van der Waals surface area contributed by atoms with Gasteiger partial charge in [-0.2, -0.15) is 0 Å². The van der Waals surface area contributed by atoms with Crippen LogP contribution in [0.5, 0.6) is 0 Å². The van der Waals surface area contributed by atoms with Crippen molar-refractivity contribution in [1.82, 2.24) is 9.97 Å². The molecule has 148 valence electrons. The lowest BCUT2D eigenvalue weighted by Crippen LogP contribution is -2.40. The summed E-state index contributed by atoms with van der Waals surface area (Å²) in [4.78, 5) is 13.3. The van der Waals surface area contributed by atoms with Crippen molar-refractivity contribution in [1.29, 1.82) is 0 Å². The van der Waals surface area contributed by atoms with Crippen molar-refractivity contribution in [2.24, 2.45) is 4.99 Å². The molecular formula is C27H21N3P+. The summed E-state index contributed by atoms with van der Waals surface area (Å²) in [6, 6.07) is 32.6. The maximum absolute atomic E-state index is 5.07. The van der Waals surface area contributed by atoms with Crippen molar-refractivity contribution in [3.8, 4) is 0 Å². The summed E-state index contributed by atoms with van der Waals surface area (Å²) in [7, 11) is -2.30. The molecule has 0 saturated carbocycles. The highest BCUT2D eigenvalue weighted by Crippen LogP contribution is 2.57. The number of nitrogens with one attached hydrogen (secondary N) is 1. The van der Waals surface area contributed by atoms with E-state index in [4.69, 9.17) is 9.98 Å². The van der Waals surface area contributed by atoms with E-state index in [-0.39, 0.29) is 0 Å². The van der Waals surface area contributed by atoms with Gasteiger partial charge >= 0.3 is 0 Å². The zero-order valence-electron chi connectivity index (χ0n) is 16.9. The van der Waals surface area contributed by atoms with Gasteiger partial charge in [-0.1, -0.05) is 42.5 Å². The Bertz CT molecular complexity index is 1370. The van der Waals surface area contributed by atoms with Crippen LogP contribution in [0.2, 0.25) is 0 Å². The van der Waals surface area contributed by atoms with Gasteiger partial charge in [-0.05, 0) is 54.1 Å². The van der Waals surface area contributed by atoms with Crippen LogP contribution in [-0.2, 0) is 6.42 Å². The van der Waals surface area contributed by atoms with E-state index in [1.807, 2.05) is 18.6 Å². The lowest BCUT2D eigenvalue weighted by Gasteiger charge is -2.27. The molecule has 0 unspecified atom stereocenters. The normalized spacial score (nSPS) is 12.9. The van der Waals surface area contributed by atoms with Gasteiger partial charge in [-0.15, -0.1) is 0 Å². The molecule has 31 heavy (non-hydrogen) atoms. The largest absolute Gasteiger partial charge is 0.361 e. The van der Waals surface area contributed by atoms with Gasteiger partial charge in [0.05, 0.1) is 0 Å². The van der Waals surface area contributed by atoms with Crippen LogP contribution in [0.3, 0.4) is 0 Å². The Hall–Kier alpha value is -3.55. The number of benzene rings is 3. The molecule has 0 bridgehead atoms. The number of fused-ring (bicyclic) bond motifs is 2. The molecule has 0 spiro atoms. The predicted molar refractivity (Wildman–Crippen MR) is 133 cm³/mol. The fraction of sp³-hybridized carbons (Fsp3) is 0.0370. The fourth-order valence-corrected chi connectivity index (χ4v) is 9.15. The first-order valence-electron chi connectivity index (χ1n) is 10.5. The summed E-state index contributed by atoms with van der Waals surface area (Å²) < 4.78 is 0. The molecule has 3 aromatic carbocycles. The van der Waals surface area contributed by atoms with E-state index in [0.717, 1.165) is 23.1 Å². The minimum atomic E-state index is -2.30. The van der Waals surface area contributed by atoms with E-state index < -0.39 is 7.26 Å². The first-order chi connectivity index (χ1) is 15.4. The van der Waals surface area contributed by atoms with Crippen LogP contribution in [0.1, 0.15) is 5.56 Å². The number of rotatable bonds is 4. The second-order valence-corrected chi connectivity index (χ2v) is 11.0. The summed E-state index contributed by atoms with van der Waals surface area (Å²) >= 11 is 0. The van der Waals surface area contributed by atoms with E-state index >= 15 is 0 Å². The average molecular weight is 418 g/mol. The van der Waals surface area contributed by atoms with E-state index in [9.17, 15) is 0 Å². The number of aromatic nitrogens is 2. The Morgan fingerprint density at radius 3 is 2.23 bits per heavy atom. The maximum Gasteiger partial charge on any atom is 0.224 e. The van der Waals surface area contributed by atoms with Crippen molar-refractivity contribution in [2.75, 3.05) is 0 Å². The molecule has 1 N–H and O–H groups in total. The molecule has 4 heteroatoms. The maximum atomic E-state index is 5.07. The molecule has 0 radical (unpaired) electrons. The molecule has 0 aliphatic carbocycles. The second kappa shape index (κ2) is 7.30. The molecule has 0 saturated heterocycles. The van der Waals surface area contributed by atoms with Crippen LogP contribution in [0.4, 0.5) is 5.69 Å². The van der Waals surface area contributed by atoms with E-state index in [1.165, 1.54) is 26.9 Å². The molecule has 1 aliphatic heterocycles. The molecule has 1 aliphatic rings. The standard InChI is InChI=1S/C27H21N3P/c1-3-8-21(9-4-1)31(22-10-5-2-6-11-22,25-13-7-12-24-23(25)16-19-28-24)27-26-20(14-17-29-26)15-18-30-27/h1-13,15-19,28H,14H2/q+1. The quantitative estimate of drug-likeness (QED) is 0.431. The van der Waals surface area contributed by atoms with Crippen molar-refractivity contribution in [3.63, 3.8) is 0 Å².